The summed E-state index contributed by atoms with van der Waals surface area (Å²) in [6.07, 6.45) is 5.36. The zero-order valence-electron chi connectivity index (χ0n) is 8.51. The standard InChI is InChI=1S/C10H10N4S/c1-7-5-8(3-4-11-7)9-6-12-14-10(13-9)15-2/h3-6H,1-2H3. The lowest BCUT2D eigenvalue weighted by molar-refractivity contribution is 0.845. The van der Waals surface area contributed by atoms with Gasteiger partial charge in [0.2, 0.25) is 5.16 Å². The molecular formula is C10H10N4S. The molecule has 2 rings (SSSR count). The van der Waals surface area contributed by atoms with E-state index >= 15 is 0 Å². The number of nitrogens with zero attached hydrogens (tertiary/aromatic N) is 4. The Morgan fingerprint density at radius 3 is 2.93 bits per heavy atom. The third kappa shape index (κ3) is 2.30. The summed E-state index contributed by atoms with van der Waals surface area (Å²) >= 11 is 1.48. The minimum Gasteiger partial charge on any atom is -0.262 e. The Kier molecular flexibility index (Phi) is 2.91. The first-order chi connectivity index (χ1) is 7.29. The number of aryl methyl sites for hydroxylation is 1. The predicted octanol–water partition coefficient (Wildman–Crippen LogP) is 1.96. The summed E-state index contributed by atoms with van der Waals surface area (Å²) in [4.78, 5) is 8.50. The van der Waals surface area contributed by atoms with Crippen molar-refractivity contribution in [1.82, 2.24) is 20.2 Å². The number of hydrogen-bond acceptors (Lipinski definition) is 5. The van der Waals surface area contributed by atoms with Gasteiger partial charge in [0.15, 0.2) is 0 Å². The molecule has 5 heteroatoms. The van der Waals surface area contributed by atoms with Crippen molar-refractivity contribution in [3.63, 3.8) is 0 Å². The number of thioether (sulfide) groups is 1. The molecule has 0 aliphatic heterocycles. The Bertz CT molecular complexity index is 472. The van der Waals surface area contributed by atoms with Crippen LogP contribution in [0.5, 0.6) is 0 Å². The second kappa shape index (κ2) is 4.35. The molecule has 0 fully saturated rings. The van der Waals surface area contributed by atoms with Crippen LogP contribution in [0.4, 0.5) is 0 Å². The van der Waals surface area contributed by atoms with Gasteiger partial charge in [-0.05, 0) is 25.3 Å². The molecule has 0 aliphatic carbocycles. The van der Waals surface area contributed by atoms with Crippen LogP contribution in [0.1, 0.15) is 5.69 Å². The molecule has 0 aromatic carbocycles. The van der Waals surface area contributed by atoms with Crippen molar-refractivity contribution in [2.24, 2.45) is 0 Å². The molecule has 0 saturated heterocycles. The van der Waals surface area contributed by atoms with Crippen LogP contribution in [0.25, 0.3) is 11.3 Å². The first-order valence-electron chi connectivity index (χ1n) is 4.46. The summed E-state index contributed by atoms with van der Waals surface area (Å²) in [6.45, 7) is 1.95. The molecule has 2 aromatic rings. The van der Waals surface area contributed by atoms with E-state index in [4.69, 9.17) is 0 Å². The SMILES string of the molecule is CSc1nncc(-c2ccnc(C)c2)n1. The van der Waals surface area contributed by atoms with Gasteiger partial charge >= 0.3 is 0 Å². The van der Waals surface area contributed by atoms with Gasteiger partial charge in [-0.15, -0.1) is 5.10 Å². The Morgan fingerprint density at radius 2 is 2.20 bits per heavy atom. The van der Waals surface area contributed by atoms with E-state index in [9.17, 15) is 0 Å². The summed E-state index contributed by atoms with van der Waals surface area (Å²) in [5.74, 6) is 0. The summed E-state index contributed by atoms with van der Waals surface area (Å²) in [6, 6.07) is 3.90. The molecule has 0 N–H and O–H groups in total. The highest BCUT2D eigenvalue weighted by Crippen LogP contribution is 2.17. The molecule has 0 saturated carbocycles. The zero-order chi connectivity index (χ0) is 10.7. The van der Waals surface area contributed by atoms with E-state index in [1.807, 2.05) is 25.3 Å². The van der Waals surface area contributed by atoms with Crippen molar-refractivity contribution in [3.05, 3.63) is 30.2 Å². The van der Waals surface area contributed by atoms with Crippen molar-refractivity contribution in [2.75, 3.05) is 6.26 Å². The fourth-order valence-corrected chi connectivity index (χ4v) is 1.54. The van der Waals surface area contributed by atoms with Gasteiger partial charge in [0.25, 0.3) is 0 Å². The number of hydrogen-bond donors (Lipinski definition) is 0. The fraction of sp³-hybridized carbons (Fsp3) is 0.200. The lowest BCUT2D eigenvalue weighted by atomic mass is 10.2. The molecule has 0 amide bonds. The van der Waals surface area contributed by atoms with Gasteiger partial charge in [0.1, 0.15) is 0 Å². The maximum absolute atomic E-state index is 4.36. The largest absolute Gasteiger partial charge is 0.262 e. The van der Waals surface area contributed by atoms with Crippen LogP contribution in [0.3, 0.4) is 0 Å². The molecule has 4 nitrogen and oxygen atoms in total. The van der Waals surface area contributed by atoms with Gasteiger partial charge in [0, 0.05) is 17.5 Å². The molecule has 0 radical (unpaired) electrons. The van der Waals surface area contributed by atoms with E-state index in [0.29, 0.717) is 5.16 Å². The van der Waals surface area contributed by atoms with Crippen molar-refractivity contribution in [3.8, 4) is 11.3 Å². The minimum atomic E-state index is 0.682. The van der Waals surface area contributed by atoms with Crippen LogP contribution in [0, 0.1) is 6.92 Å². The molecule has 0 atom stereocenters. The summed E-state index contributed by atoms with van der Waals surface area (Å²) in [5.41, 5.74) is 2.82. The second-order valence-corrected chi connectivity index (χ2v) is 3.79. The van der Waals surface area contributed by atoms with Gasteiger partial charge in [-0.2, -0.15) is 5.10 Å². The first-order valence-corrected chi connectivity index (χ1v) is 5.69. The summed E-state index contributed by atoms with van der Waals surface area (Å²) in [7, 11) is 0. The first kappa shape index (κ1) is 10.0. The Balaban J connectivity index is 2.44. The zero-order valence-corrected chi connectivity index (χ0v) is 9.32. The van der Waals surface area contributed by atoms with Crippen molar-refractivity contribution >= 4 is 11.8 Å². The number of aromatic nitrogens is 4. The highest BCUT2D eigenvalue weighted by Gasteiger charge is 2.02. The van der Waals surface area contributed by atoms with Crippen LogP contribution < -0.4 is 0 Å². The maximum atomic E-state index is 4.36. The molecule has 2 aromatic heterocycles. The van der Waals surface area contributed by atoms with Crippen molar-refractivity contribution in [1.29, 1.82) is 0 Å². The lowest BCUT2D eigenvalue weighted by Gasteiger charge is -2.01. The van der Waals surface area contributed by atoms with E-state index in [-0.39, 0.29) is 0 Å². The lowest BCUT2D eigenvalue weighted by Crippen LogP contribution is -1.93. The molecule has 2 heterocycles. The van der Waals surface area contributed by atoms with Gasteiger partial charge in [0.05, 0.1) is 11.9 Å². The third-order valence-electron chi connectivity index (χ3n) is 1.91. The number of pyridine rings is 1. The quantitative estimate of drug-likeness (QED) is 0.721. The van der Waals surface area contributed by atoms with Crippen LogP contribution in [0.2, 0.25) is 0 Å². The fourth-order valence-electron chi connectivity index (χ4n) is 1.22. The number of rotatable bonds is 2. The summed E-state index contributed by atoms with van der Waals surface area (Å²) in [5, 5.41) is 8.48. The van der Waals surface area contributed by atoms with E-state index in [0.717, 1.165) is 17.0 Å². The Hall–Kier alpha value is -1.49. The predicted molar refractivity (Wildman–Crippen MR) is 59.6 cm³/mol. The molecule has 0 spiro atoms. The Labute approximate surface area is 92.2 Å². The van der Waals surface area contributed by atoms with Crippen LogP contribution >= 0.6 is 11.8 Å². The molecule has 15 heavy (non-hydrogen) atoms. The normalized spacial score (nSPS) is 10.3. The maximum Gasteiger partial charge on any atom is 0.209 e. The monoisotopic (exact) mass is 218 g/mol. The highest BCUT2D eigenvalue weighted by atomic mass is 32.2. The minimum absolute atomic E-state index is 0.682. The van der Waals surface area contributed by atoms with E-state index in [1.54, 1.807) is 12.4 Å². The van der Waals surface area contributed by atoms with Crippen molar-refractivity contribution < 1.29 is 0 Å². The van der Waals surface area contributed by atoms with E-state index in [1.165, 1.54) is 11.8 Å². The van der Waals surface area contributed by atoms with E-state index < -0.39 is 0 Å². The van der Waals surface area contributed by atoms with Gasteiger partial charge in [-0.3, -0.25) is 4.98 Å². The third-order valence-corrected chi connectivity index (χ3v) is 2.45. The average molecular weight is 218 g/mol. The smallest absolute Gasteiger partial charge is 0.209 e. The van der Waals surface area contributed by atoms with E-state index in [2.05, 4.69) is 20.2 Å². The van der Waals surface area contributed by atoms with Crippen LogP contribution in [0.15, 0.2) is 29.7 Å². The van der Waals surface area contributed by atoms with Crippen LogP contribution in [-0.2, 0) is 0 Å². The van der Waals surface area contributed by atoms with Gasteiger partial charge in [-0.25, -0.2) is 4.98 Å². The average Bonchev–Trinajstić information content (AvgIpc) is 2.29. The van der Waals surface area contributed by atoms with Crippen LogP contribution in [-0.4, -0.2) is 26.4 Å². The molecule has 0 bridgehead atoms. The van der Waals surface area contributed by atoms with Crippen molar-refractivity contribution in [2.45, 2.75) is 12.1 Å². The van der Waals surface area contributed by atoms with Gasteiger partial charge in [-0.1, -0.05) is 11.8 Å². The molecule has 0 aliphatic rings. The topological polar surface area (TPSA) is 51.6 Å². The molecular weight excluding hydrogens is 208 g/mol. The molecule has 76 valence electrons. The Morgan fingerprint density at radius 1 is 1.33 bits per heavy atom. The summed E-state index contributed by atoms with van der Waals surface area (Å²) < 4.78 is 0. The highest BCUT2D eigenvalue weighted by molar-refractivity contribution is 7.98. The van der Waals surface area contributed by atoms with Gasteiger partial charge < -0.3 is 0 Å². The molecule has 0 unspecified atom stereocenters. The second-order valence-electron chi connectivity index (χ2n) is 3.01.